The predicted molar refractivity (Wildman–Crippen MR) is 136 cm³/mol. The summed E-state index contributed by atoms with van der Waals surface area (Å²) >= 11 is 17.3. The van der Waals surface area contributed by atoms with Gasteiger partial charge in [0, 0.05) is 13.0 Å². The van der Waals surface area contributed by atoms with Crippen molar-refractivity contribution in [2.24, 2.45) is 23.7 Å². The number of nitrogens with zero attached hydrogens (tertiary/aromatic N) is 2. The SMILES string of the molecule is COc1cc(C=CC2C3=CCC4C(=O)N(C)C(=O)C4C3CC3(Cl)C(=O)N(CBr)C(=O)C23Cl)ccc1O. The number of halogens is 3. The molecule has 3 fully saturated rings. The molecule has 0 spiro atoms. The molecule has 4 amide bonds. The van der Waals surface area contributed by atoms with Crippen LogP contribution in [-0.4, -0.2) is 67.9 Å². The fraction of sp³-hybridized carbons (Fsp3) is 0.440. The number of likely N-dealkylation sites (tertiary alicyclic amines) is 2. The zero-order valence-electron chi connectivity index (χ0n) is 19.4. The van der Waals surface area contributed by atoms with Crippen molar-refractivity contribution >= 4 is 68.8 Å². The number of benzene rings is 1. The number of amides is 4. The molecule has 2 aliphatic carbocycles. The van der Waals surface area contributed by atoms with Crippen molar-refractivity contribution in [1.29, 1.82) is 0 Å². The zero-order chi connectivity index (χ0) is 26.2. The summed E-state index contributed by atoms with van der Waals surface area (Å²) in [6, 6.07) is 4.76. The molecule has 2 heterocycles. The van der Waals surface area contributed by atoms with Crippen LogP contribution < -0.4 is 4.74 Å². The average Bonchev–Trinajstić information content (AvgIpc) is 3.17. The molecule has 6 atom stereocenters. The number of allylic oxidation sites excluding steroid dienone is 3. The van der Waals surface area contributed by atoms with Gasteiger partial charge in [-0.15, -0.1) is 23.2 Å². The van der Waals surface area contributed by atoms with E-state index in [-0.39, 0.29) is 35.2 Å². The third kappa shape index (κ3) is 3.18. The molecule has 190 valence electrons. The number of rotatable bonds is 4. The molecule has 0 radical (unpaired) electrons. The van der Waals surface area contributed by atoms with Gasteiger partial charge in [-0.3, -0.25) is 29.0 Å². The molecule has 8 nitrogen and oxygen atoms in total. The molecule has 4 aliphatic rings. The Morgan fingerprint density at radius 1 is 1.17 bits per heavy atom. The topological polar surface area (TPSA) is 104 Å². The van der Waals surface area contributed by atoms with E-state index in [4.69, 9.17) is 27.9 Å². The van der Waals surface area contributed by atoms with Crippen molar-refractivity contribution < 1.29 is 29.0 Å². The number of imide groups is 2. The van der Waals surface area contributed by atoms with Gasteiger partial charge in [-0.1, -0.05) is 45.8 Å². The van der Waals surface area contributed by atoms with Gasteiger partial charge in [0.2, 0.25) is 11.8 Å². The monoisotopic (exact) mass is 596 g/mol. The van der Waals surface area contributed by atoms with E-state index in [1.807, 2.05) is 6.08 Å². The Hall–Kier alpha value is -2.36. The second kappa shape index (κ2) is 8.60. The first-order valence-electron chi connectivity index (χ1n) is 11.4. The molecule has 11 heteroatoms. The molecule has 6 unspecified atom stereocenters. The van der Waals surface area contributed by atoms with Gasteiger partial charge in [0.25, 0.3) is 11.8 Å². The normalized spacial score (nSPS) is 35.8. The lowest BCUT2D eigenvalue weighted by Gasteiger charge is -2.49. The molecule has 2 aliphatic heterocycles. The van der Waals surface area contributed by atoms with E-state index in [0.29, 0.717) is 12.0 Å². The maximum Gasteiger partial charge on any atom is 0.254 e. The van der Waals surface area contributed by atoms with Crippen LogP contribution in [0.2, 0.25) is 0 Å². The number of ether oxygens (including phenoxy) is 1. The van der Waals surface area contributed by atoms with E-state index < -0.39 is 45.2 Å². The van der Waals surface area contributed by atoms with E-state index in [0.717, 1.165) is 15.4 Å². The van der Waals surface area contributed by atoms with Gasteiger partial charge in [0.05, 0.1) is 24.4 Å². The molecule has 2 saturated heterocycles. The van der Waals surface area contributed by atoms with Gasteiger partial charge in [0.15, 0.2) is 21.2 Å². The minimum Gasteiger partial charge on any atom is -0.504 e. The molecule has 5 rings (SSSR count). The lowest BCUT2D eigenvalue weighted by atomic mass is 9.57. The van der Waals surface area contributed by atoms with E-state index in [9.17, 15) is 24.3 Å². The highest BCUT2D eigenvalue weighted by Gasteiger charge is 2.75. The van der Waals surface area contributed by atoms with Crippen LogP contribution in [0, 0.1) is 23.7 Å². The molecule has 0 aromatic heterocycles. The minimum absolute atomic E-state index is 0.0277. The molecule has 36 heavy (non-hydrogen) atoms. The predicted octanol–water partition coefficient (Wildman–Crippen LogP) is 3.29. The third-order valence-electron chi connectivity index (χ3n) is 7.98. The second-order valence-electron chi connectivity index (χ2n) is 9.56. The van der Waals surface area contributed by atoms with Crippen molar-refractivity contribution in [2.45, 2.75) is 22.6 Å². The van der Waals surface area contributed by atoms with Gasteiger partial charge in [-0.05, 0) is 36.5 Å². The smallest absolute Gasteiger partial charge is 0.254 e. The summed E-state index contributed by atoms with van der Waals surface area (Å²) in [5, 5.41) is 9.93. The highest BCUT2D eigenvalue weighted by Crippen LogP contribution is 2.63. The Morgan fingerprint density at radius 2 is 1.89 bits per heavy atom. The minimum atomic E-state index is -1.83. The summed E-state index contributed by atoms with van der Waals surface area (Å²) in [5.41, 5.74) is 1.30. The second-order valence-corrected chi connectivity index (χ2v) is 11.3. The number of methoxy groups -OCH3 is 1. The van der Waals surface area contributed by atoms with Crippen LogP contribution in [0.4, 0.5) is 0 Å². The molecule has 0 bridgehead atoms. The van der Waals surface area contributed by atoms with Crippen LogP contribution in [-0.2, 0) is 19.2 Å². The highest BCUT2D eigenvalue weighted by atomic mass is 79.9. The van der Waals surface area contributed by atoms with Crippen molar-refractivity contribution in [2.75, 3.05) is 19.6 Å². The maximum atomic E-state index is 13.6. The van der Waals surface area contributed by atoms with E-state index >= 15 is 0 Å². The first-order chi connectivity index (χ1) is 17.0. The lowest BCUT2D eigenvalue weighted by molar-refractivity contribution is -0.140. The van der Waals surface area contributed by atoms with E-state index in [1.165, 1.54) is 20.2 Å². The van der Waals surface area contributed by atoms with Crippen LogP contribution in [0.3, 0.4) is 0 Å². The number of phenols is 1. The number of alkyl halides is 3. The summed E-state index contributed by atoms with van der Waals surface area (Å²) in [6.07, 6.45) is 5.59. The van der Waals surface area contributed by atoms with Crippen molar-refractivity contribution in [3.63, 3.8) is 0 Å². The van der Waals surface area contributed by atoms with E-state index in [1.54, 1.807) is 24.3 Å². The number of carbonyl (C=O) groups excluding carboxylic acids is 4. The number of fused-ring (bicyclic) bond motifs is 4. The van der Waals surface area contributed by atoms with E-state index in [2.05, 4.69) is 15.9 Å². The van der Waals surface area contributed by atoms with Crippen LogP contribution in [0.15, 0.2) is 35.9 Å². The van der Waals surface area contributed by atoms with Gasteiger partial charge >= 0.3 is 0 Å². The van der Waals surface area contributed by atoms with Crippen molar-refractivity contribution in [3.8, 4) is 11.5 Å². The van der Waals surface area contributed by atoms with Gasteiger partial charge in [0.1, 0.15) is 0 Å². The highest BCUT2D eigenvalue weighted by molar-refractivity contribution is 9.09. The Balaban J connectivity index is 1.66. The Bertz CT molecular complexity index is 1270. The fourth-order valence-corrected chi connectivity index (χ4v) is 7.54. The molecular formula is C25H23BrCl2N2O6. The first-order valence-corrected chi connectivity index (χ1v) is 13.3. The Morgan fingerprint density at radius 3 is 2.56 bits per heavy atom. The van der Waals surface area contributed by atoms with Crippen molar-refractivity contribution in [3.05, 3.63) is 41.5 Å². The summed E-state index contributed by atoms with van der Waals surface area (Å²) in [5.74, 6) is -4.16. The van der Waals surface area contributed by atoms with Crippen molar-refractivity contribution in [1.82, 2.24) is 9.80 Å². The summed E-state index contributed by atoms with van der Waals surface area (Å²) < 4.78 is 5.18. The summed E-state index contributed by atoms with van der Waals surface area (Å²) in [7, 11) is 2.89. The summed E-state index contributed by atoms with van der Waals surface area (Å²) in [4.78, 5) is 51.3. The molecule has 1 aromatic rings. The summed E-state index contributed by atoms with van der Waals surface area (Å²) in [6.45, 7) is 0. The number of carbonyl (C=O) groups is 4. The molecular weight excluding hydrogens is 575 g/mol. The Kier molecular flexibility index (Phi) is 6.04. The van der Waals surface area contributed by atoms with Crippen LogP contribution in [0.5, 0.6) is 11.5 Å². The van der Waals surface area contributed by atoms with Gasteiger partial charge < -0.3 is 9.84 Å². The maximum absolute atomic E-state index is 13.6. The van der Waals surface area contributed by atoms with Gasteiger partial charge in [-0.25, -0.2) is 0 Å². The fourth-order valence-electron chi connectivity index (χ4n) is 6.16. The average molecular weight is 598 g/mol. The van der Waals surface area contributed by atoms with Crippen LogP contribution >= 0.6 is 39.1 Å². The van der Waals surface area contributed by atoms with Crippen LogP contribution in [0.1, 0.15) is 18.4 Å². The Labute approximate surface area is 226 Å². The van der Waals surface area contributed by atoms with Crippen LogP contribution in [0.25, 0.3) is 6.08 Å². The molecule has 1 N–H and O–H groups in total. The number of aromatic hydroxyl groups is 1. The zero-order valence-corrected chi connectivity index (χ0v) is 22.5. The first kappa shape index (κ1) is 25.3. The number of hydrogen-bond acceptors (Lipinski definition) is 6. The standard InChI is InChI=1S/C25H23BrCl2N2O6/c1-29-20(32)14-6-5-13-15(19(14)21(29)33)10-24(27)22(34)30(11-26)23(35)25(24,28)16(13)7-3-12-4-8-17(31)18(9-12)36-2/h3-5,7-9,14-16,19,31H,6,10-11H2,1-2H3. The molecule has 1 saturated carbocycles. The number of phenolic OH excluding ortho intramolecular Hbond substituents is 1. The van der Waals surface area contributed by atoms with Gasteiger partial charge in [-0.2, -0.15) is 0 Å². The number of hydrogen-bond donors (Lipinski definition) is 1. The third-order valence-corrected chi connectivity index (χ3v) is 9.91. The molecule has 1 aromatic carbocycles. The quantitative estimate of drug-likeness (QED) is 0.247. The largest absolute Gasteiger partial charge is 0.504 e. The lowest BCUT2D eigenvalue weighted by Crippen LogP contribution is -2.60.